The van der Waals surface area contributed by atoms with Crippen molar-refractivity contribution in [2.24, 2.45) is 0 Å². The van der Waals surface area contributed by atoms with Crippen LogP contribution in [0.2, 0.25) is 0 Å². The van der Waals surface area contributed by atoms with E-state index in [1.54, 1.807) is 6.07 Å². The lowest BCUT2D eigenvalue weighted by molar-refractivity contribution is 0.284. The van der Waals surface area contributed by atoms with Gasteiger partial charge in [-0.05, 0) is 25.3 Å². The molecule has 1 N–H and O–H groups in total. The van der Waals surface area contributed by atoms with Gasteiger partial charge in [0.1, 0.15) is 5.75 Å². The van der Waals surface area contributed by atoms with Gasteiger partial charge in [-0.25, -0.2) is 0 Å². The van der Waals surface area contributed by atoms with E-state index in [4.69, 9.17) is 9.47 Å². The molecule has 0 saturated carbocycles. The van der Waals surface area contributed by atoms with E-state index in [9.17, 15) is 5.11 Å². The van der Waals surface area contributed by atoms with Gasteiger partial charge in [0.15, 0.2) is 11.5 Å². The SMILES string of the molecule is CCOc1cc(O)c(C(C)(C)C)cc1OCC. The Balaban J connectivity index is 3.24. The molecule has 0 heterocycles. The minimum Gasteiger partial charge on any atom is -0.508 e. The first-order chi connectivity index (χ1) is 7.90. The van der Waals surface area contributed by atoms with Crippen LogP contribution in [0, 0.1) is 0 Å². The molecule has 0 bridgehead atoms. The molecule has 96 valence electrons. The van der Waals surface area contributed by atoms with Crippen molar-refractivity contribution in [1.29, 1.82) is 0 Å². The molecule has 0 aromatic heterocycles. The van der Waals surface area contributed by atoms with Crippen LogP contribution in [0.3, 0.4) is 0 Å². The lowest BCUT2D eigenvalue weighted by Crippen LogP contribution is -2.12. The molecule has 0 aliphatic carbocycles. The van der Waals surface area contributed by atoms with E-state index in [-0.39, 0.29) is 11.2 Å². The van der Waals surface area contributed by atoms with E-state index in [0.29, 0.717) is 24.7 Å². The van der Waals surface area contributed by atoms with E-state index in [2.05, 4.69) is 20.8 Å². The maximum absolute atomic E-state index is 10.0. The number of aromatic hydroxyl groups is 1. The summed E-state index contributed by atoms with van der Waals surface area (Å²) in [5.41, 5.74) is 0.741. The van der Waals surface area contributed by atoms with Crippen molar-refractivity contribution in [3.8, 4) is 17.2 Å². The quantitative estimate of drug-likeness (QED) is 0.872. The number of phenolic OH excluding ortho intramolecular Hbond substituents is 1. The fraction of sp³-hybridized carbons (Fsp3) is 0.571. The van der Waals surface area contributed by atoms with Gasteiger partial charge in [-0.15, -0.1) is 0 Å². The molecule has 1 aromatic rings. The van der Waals surface area contributed by atoms with Gasteiger partial charge < -0.3 is 14.6 Å². The summed E-state index contributed by atoms with van der Waals surface area (Å²) in [5, 5.41) is 10.0. The maximum atomic E-state index is 10.0. The zero-order valence-corrected chi connectivity index (χ0v) is 11.3. The van der Waals surface area contributed by atoms with Crippen LogP contribution in [0.4, 0.5) is 0 Å². The summed E-state index contributed by atoms with van der Waals surface area (Å²) in [6.07, 6.45) is 0. The first-order valence-electron chi connectivity index (χ1n) is 6.03. The van der Waals surface area contributed by atoms with E-state index >= 15 is 0 Å². The van der Waals surface area contributed by atoms with Gasteiger partial charge in [-0.3, -0.25) is 0 Å². The number of hydrogen-bond acceptors (Lipinski definition) is 3. The Kier molecular flexibility index (Phi) is 4.27. The Labute approximate surface area is 103 Å². The zero-order valence-electron chi connectivity index (χ0n) is 11.3. The monoisotopic (exact) mass is 238 g/mol. The molecule has 0 radical (unpaired) electrons. The standard InChI is InChI=1S/C14H22O3/c1-6-16-12-8-10(14(3,4)5)11(15)9-13(12)17-7-2/h8-9,15H,6-7H2,1-5H3. The topological polar surface area (TPSA) is 38.7 Å². The molecule has 0 unspecified atom stereocenters. The zero-order chi connectivity index (χ0) is 13.1. The molecular formula is C14H22O3. The van der Waals surface area contributed by atoms with Gasteiger partial charge in [0.25, 0.3) is 0 Å². The Bertz CT molecular complexity index is 378. The summed E-state index contributed by atoms with van der Waals surface area (Å²) < 4.78 is 11.0. The third kappa shape index (κ3) is 3.29. The van der Waals surface area contributed by atoms with Crippen LogP contribution in [0.25, 0.3) is 0 Å². The molecule has 3 heteroatoms. The average Bonchev–Trinajstić information content (AvgIpc) is 2.20. The summed E-state index contributed by atoms with van der Waals surface area (Å²) >= 11 is 0. The Hall–Kier alpha value is -1.38. The normalized spacial score (nSPS) is 11.4. The summed E-state index contributed by atoms with van der Waals surface area (Å²) in [5.74, 6) is 1.54. The van der Waals surface area contributed by atoms with E-state index in [1.165, 1.54) is 0 Å². The van der Waals surface area contributed by atoms with Crippen molar-refractivity contribution in [3.63, 3.8) is 0 Å². The van der Waals surface area contributed by atoms with Crippen LogP contribution in [-0.4, -0.2) is 18.3 Å². The highest BCUT2D eigenvalue weighted by Gasteiger charge is 2.21. The van der Waals surface area contributed by atoms with Crippen LogP contribution in [0.1, 0.15) is 40.2 Å². The smallest absolute Gasteiger partial charge is 0.164 e. The molecular weight excluding hydrogens is 216 g/mol. The fourth-order valence-electron chi connectivity index (χ4n) is 1.69. The van der Waals surface area contributed by atoms with Crippen LogP contribution in [0.15, 0.2) is 12.1 Å². The number of phenols is 1. The summed E-state index contributed by atoms with van der Waals surface area (Å²) in [4.78, 5) is 0. The Morgan fingerprint density at radius 1 is 1.00 bits per heavy atom. The van der Waals surface area contributed by atoms with Crippen molar-refractivity contribution < 1.29 is 14.6 Å². The first-order valence-corrected chi connectivity index (χ1v) is 6.03. The summed E-state index contributed by atoms with van der Waals surface area (Å²) in [6, 6.07) is 3.50. The number of ether oxygens (including phenoxy) is 2. The highest BCUT2D eigenvalue weighted by molar-refractivity contribution is 5.52. The predicted octanol–water partition coefficient (Wildman–Crippen LogP) is 3.49. The molecule has 0 spiro atoms. The second kappa shape index (κ2) is 5.30. The summed E-state index contributed by atoms with van der Waals surface area (Å²) in [7, 11) is 0. The predicted molar refractivity (Wildman–Crippen MR) is 69.1 cm³/mol. The van der Waals surface area contributed by atoms with Crippen LogP contribution >= 0.6 is 0 Å². The molecule has 0 aliphatic rings. The Morgan fingerprint density at radius 3 is 1.88 bits per heavy atom. The lowest BCUT2D eigenvalue weighted by Gasteiger charge is -2.22. The minimum atomic E-state index is -0.124. The summed E-state index contributed by atoms with van der Waals surface area (Å²) in [6.45, 7) is 11.1. The molecule has 0 fully saturated rings. The third-order valence-electron chi connectivity index (χ3n) is 2.47. The minimum absolute atomic E-state index is 0.124. The highest BCUT2D eigenvalue weighted by Crippen LogP contribution is 2.39. The van der Waals surface area contributed by atoms with Crippen molar-refractivity contribution in [1.82, 2.24) is 0 Å². The van der Waals surface area contributed by atoms with Crippen molar-refractivity contribution in [2.45, 2.75) is 40.0 Å². The molecule has 1 aromatic carbocycles. The number of benzene rings is 1. The van der Waals surface area contributed by atoms with Gasteiger partial charge in [0.05, 0.1) is 13.2 Å². The largest absolute Gasteiger partial charge is 0.508 e. The highest BCUT2D eigenvalue weighted by atomic mass is 16.5. The van der Waals surface area contributed by atoms with Gasteiger partial charge in [0.2, 0.25) is 0 Å². The second-order valence-corrected chi connectivity index (χ2v) is 4.93. The van der Waals surface area contributed by atoms with Crippen LogP contribution in [0.5, 0.6) is 17.2 Å². The van der Waals surface area contributed by atoms with Crippen molar-refractivity contribution in [2.75, 3.05) is 13.2 Å². The molecule has 1 rings (SSSR count). The van der Waals surface area contributed by atoms with E-state index < -0.39 is 0 Å². The van der Waals surface area contributed by atoms with Gasteiger partial charge in [-0.2, -0.15) is 0 Å². The molecule has 17 heavy (non-hydrogen) atoms. The van der Waals surface area contributed by atoms with Crippen LogP contribution < -0.4 is 9.47 Å². The van der Waals surface area contributed by atoms with Crippen molar-refractivity contribution >= 4 is 0 Å². The van der Waals surface area contributed by atoms with Gasteiger partial charge >= 0.3 is 0 Å². The van der Waals surface area contributed by atoms with E-state index in [0.717, 1.165) is 5.56 Å². The average molecular weight is 238 g/mol. The molecule has 0 saturated heterocycles. The molecule has 0 amide bonds. The molecule has 3 nitrogen and oxygen atoms in total. The maximum Gasteiger partial charge on any atom is 0.164 e. The first kappa shape index (κ1) is 13.7. The van der Waals surface area contributed by atoms with Gasteiger partial charge in [0, 0.05) is 11.6 Å². The lowest BCUT2D eigenvalue weighted by atomic mass is 9.86. The van der Waals surface area contributed by atoms with Crippen molar-refractivity contribution in [3.05, 3.63) is 17.7 Å². The van der Waals surface area contributed by atoms with Crippen LogP contribution in [-0.2, 0) is 5.41 Å². The fourth-order valence-corrected chi connectivity index (χ4v) is 1.69. The third-order valence-corrected chi connectivity index (χ3v) is 2.47. The number of rotatable bonds is 4. The molecule has 0 atom stereocenters. The molecule has 0 aliphatic heterocycles. The van der Waals surface area contributed by atoms with Gasteiger partial charge in [-0.1, -0.05) is 20.8 Å². The number of hydrogen-bond donors (Lipinski definition) is 1. The Morgan fingerprint density at radius 2 is 1.47 bits per heavy atom. The van der Waals surface area contributed by atoms with E-state index in [1.807, 2.05) is 19.9 Å². The second-order valence-electron chi connectivity index (χ2n) is 4.93.